The Labute approximate surface area is 114 Å². The topological polar surface area (TPSA) is 29.9 Å². The second kappa shape index (κ2) is 5.17. The van der Waals surface area contributed by atoms with Gasteiger partial charge in [-0.15, -0.1) is 0 Å². The average molecular weight is 255 g/mol. The van der Waals surface area contributed by atoms with Crippen LogP contribution in [0, 0.1) is 0 Å². The molecule has 0 radical (unpaired) electrons. The van der Waals surface area contributed by atoms with Crippen molar-refractivity contribution < 1.29 is 0 Å². The summed E-state index contributed by atoms with van der Waals surface area (Å²) in [5.74, 6) is 0.585. The molecule has 0 saturated carbocycles. The van der Waals surface area contributed by atoms with E-state index in [0.29, 0.717) is 12.0 Å². The summed E-state index contributed by atoms with van der Waals surface area (Å²) < 4.78 is 2.10. The zero-order valence-electron chi connectivity index (χ0n) is 11.6. The Morgan fingerprint density at radius 1 is 1.21 bits per heavy atom. The van der Waals surface area contributed by atoms with Crippen LogP contribution in [-0.4, -0.2) is 22.9 Å². The fourth-order valence-electron chi connectivity index (χ4n) is 2.61. The van der Waals surface area contributed by atoms with E-state index in [2.05, 4.69) is 59.4 Å². The second-order valence-electron chi connectivity index (χ2n) is 5.63. The van der Waals surface area contributed by atoms with Gasteiger partial charge in [0.05, 0.1) is 12.2 Å². The van der Waals surface area contributed by atoms with E-state index in [1.807, 2.05) is 6.20 Å². The van der Waals surface area contributed by atoms with Gasteiger partial charge in [-0.3, -0.25) is 4.68 Å². The predicted molar refractivity (Wildman–Crippen MR) is 78.3 cm³/mol. The Hall–Kier alpha value is -1.61. The lowest BCUT2D eigenvalue weighted by molar-refractivity contribution is 0.491. The van der Waals surface area contributed by atoms with Gasteiger partial charge in [-0.25, -0.2) is 0 Å². The molecule has 1 aromatic carbocycles. The summed E-state index contributed by atoms with van der Waals surface area (Å²) in [6, 6.07) is 9.35. The smallest absolute Gasteiger partial charge is 0.0655 e. The second-order valence-corrected chi connectivity index (χ2v) is 5.63. The van der Waals surface area contributed by atoms with Gasteiger partial charge in [-0.2, -0.15) is 5.10 Å². The molecule has 2 aromatic rings. The minimum absolute atomic E-state index is 0.517. The third kappa shape index (κ3) is 2.56. The molecule has 2 heterocycles. The average Bonchev–Trinajstić information content (AvgIpc) is 3.10. The fourth-order valence-corrected chi connectivity index (χ4v) is 2.61. The molecule has 100 valence electrons. The highest BCUT2D eigenvalue weighted by molar-refractivity contribution is 5.62. The molecule has 19 heavy (non-hydrogen) atoms. The van der Waals surface area contributed by atoms with E-state index in [1.165, 1.54) is 23.1 Å². The minimum Gasteiger partial charge on any atom is -0.315 e. The monoisotopic (exact) mass is 255 g/mol. The van der Waals surface area contributed by atoms with E-state index in [9.17, 15) is 0 Å². The first-order valence-electron chi connectivity index (χ1n) is 7.09. The molecule has 3 heteroatoms. The van der Waals surface area contributed by atoms with Gasteiger partial charge in [0.15, 0.2) is 0 Å². The Kier molecular flexibility index (Phi) is 3.38. The van der Waals surface area contributed by atoms with Crippen LogP contribution in [0.2, 0.25) is 0 Å². The van der Waals surface area contributed by atoms with Crippen molar-refractivity contribution in [3.63, 3.8) is 0 Å². The lowest BCUT2D eigenvalue weighted by atomic mass is 10.0. The molecule has 1 atom stereocenters. The highest BCUT2D eigenvalue weighted by Crippen LogP contribution is 2.24. The van der Waals surface area contributed by atoms with Gasteiger partial charge in [0.25, 0.3) is 0 Å². The van der Waals surface area contributed by atoms with Crippen LogP contribution in [0.3, 0.4) is 0 Å². The minimum atomic E-state index is 0.517. The van der Waals surface area contributed by atoms with Crippen LogP contribution in [0.5, 0.6) is 0 Å². The summed E-state index contributed by atoms with van der Waals surface area (Å²) in [5, 5.41) is 7.89. The van der Waals surface area contributed by atoms with Gasteiger partial charge in [-0.1, -0.05) is 38.1 Å². The van der Waals surface area contributed by atoms with E-state index >= 15 is 0 Å². The van der Waals surface area contributed by atoms with Crippen LogP contribution in [0.15, 0.2) is 36.7 Å². The molecule has 0 aliphatic carbocycles. The summed E-state index contributed by atoms with van der Waals surface area (Å²) in [7, 11) is 0. The number of hydrogen-bond acceptors (Lipinski definition) is 2. The van der Waals surface area contributed by atoms with Crippen molar-refractivity contribution >= 4 is 0 Å². The number of benzene rings is 1. The zero-order chi connectivity index (χ0) is 13.2. The number of nitrogens with one attached hydrogen (secondary N) is 1. The first-order chi connectivity index (χ1) is 9.24. The van der Waals surface area contributed by atoms with Gasteiger partial charge in [0, 0.05) is 18.3 Å². The standard InChI is InChI=1S/C16H21N3/c1-12(2)13-3-5-14(6-4-13)15-9-18-19(11-15)16-7-8-17-10-16/h3-6,9,11-12,16-17H,7-8,10H2,1-2H3. The first-order valence-corrected chi connectivity index (χ1v) is 7.09. The molecule has 3 rings (SSSR count). The molecule has 1 unspecified atom stereocenters. The van der Waals surface area contributed by atoms with E-state index in [4.69, 9.17) is 0 Å². The van der Waals surface area contributed by atoms with Crippen LogP contribution in [0.4, 0.5) is 0 Å². The Morgan fingerprint density at radius 3 is 2.63 bits per heavy atom. The number of aromatic nitrogens is 2. The van der Waals surface area contributed by atoms with Crippen molar-refractivity contribution in [1.29, 1.82) is 0 Å². The van der Waals surface area contributed by atoms with Crippen molar-refractivity contribution in [3.05, 3.63) is 42.2 Å². The van der Waals surface area contributed by atoms with Crippen LogP contribution in [0.25, 0.3) is 11.1 Å². The van der Waals surface area contributed by atoms with Crippen molar-refractivity contribution in [2.24, 2.45) is 0 Å². The van der Waals surface area contributed by atoms with Crippen LogP contribution in [0.1, 0.15) is 37.8 Å². The molecule has 0 spiro atoms. The van der Waals surface area contributed by atoms with Crippen LogP contribution < -0.4 is 5.32 Å². The molecule has 1 aliphatic heterocycles. The maximum absolute atomic E-state index is 4.51. The summed E-state index contributed by atoms with van der Waals surface area (Å²) >= 11 is 0. The van der Waals surface area contributed by atoms with Crippen molar-refractivity contribution in [2.45, 2.75) is 32.2 Å². The molecular formula is C16H21N3. The molecule has 1 N–H and O–H groups in total. The van der Waals surface area contributed by atoms with Crippen LogP contribution in [-0.2, 0) is 0 Å². The molecule has 0 bridgehead atoms. The van der Waals surface area contributed by atoms with Gasteiger partial charge < -0.3 is 5.32 Å². The molecule has 0 amide bonds. The molecule has 3 nitrogen and oxygen atoms in total. The third-order valence-electron chi connectivity index (χ3n) is 3.92. The molecule has 1 saturated heterocycles. The largest absolute Gasteiger partial charge is 0.315 e. The highest BCUT2D eigenvalue weighted by atomic mass is 15.3. The molecule has 1 fully saturated rings. The number of rotatable bonds is 3. The van der Waals surface area contributed by atoms with Crippen molar-refractivity contribution in [1.82, 2.24) is 15.1 Å². The van der Waals surface area contributed by atoms with Gasteiger partial charge in [0.1, 0.15) is 0 Å². The van der Waals surface area contributed by atoms with Crippen LogP contribution >= 0.6 is 0 Å². The van der Waals surface area contributed by atoms with E-state index in [-0.39, 0.29) is 0 Å². The van der Waals surface area contributed by atoms with Gasteiger partial charge in [0.2, 0.25) is 0 Å². The molecule has 1 aliphatic rings. The molecular weight excluding hydrogens is 234 g/mol. The lowest BCUT2D eigenvalue weighted by Gasteiger charge is -2.08. The normalized spacial score (nSPS) is 19.2. The Morgan fingerprint density at radius 2 is 2.00 bits per heavy atom. The first kappa shape index (κ1) is 12.4. The molecule has 1 aromatic heterocycles. The van der Waals surface area contributed by atoms with E-state index in [1.54, 1.807) is 0 Å². The third-order valence-corrected chi connectivity index (χ3v) is 3.92. The Bertz CT molecular complexity index is 533. The van der Waals surface area contributed by atoms with E-state index < -0.39 is 0 Å². The Balaban J connectivity index is 1.81. The predicted octanol–water partition coefficient (Wildman–Crippen LogP) is 3.21. The highest BCUT2D eigenvalue weighted by Gasteiger charge is 2.17. The SMILES string of the molecule is CC(C)c1ccc(-c2cnn(C3CCNC3)c2)cc1. The van der Waals surface area contributed by atoms with Gasteiger partial charge >= 0.3 is 0 Å². The van der Waals surface area contributed by atoms with Crippen molar-refractivity contribution in [3.8, 4) is 11.1 Å². The quantitative estimate of drug-likeness (QED) is 0.912. The summed E-state index contributed by atoms with van der Waals surface area (Å²) in [6.07, 6.45) is 5.32. The fraction of sp³-hybridized carbons (Fsp3) is 0.438. The summed E-state index contributed by atoms with van der Waals surface area (Å²) in [6.45, 7) is 6.58. The number of hydrogen-bond donors (Lipinski definition) is 1. The van der Waals surface area contributed by atoms with Gasteiger partial charge in [-0.05, 0) is 30.0 Å². The number of nitrogens with zero attached hydrogens (tertiary/aromatic N) is 2. The summed E-state index contributed by atoms with van der Waals surface area (Å²) in [5.41, 5.74) is 3.85. The maximum atomic E-state index is 4.51. The van der Waals surface area contributed by atoms with Crippen molar-refractivity contribution in [2.75, 3.05) is 13.1 Å². The lowest BCUT2D eigenvalue weighted by Crippen LogP contribution is -2.13. The zero-order valence-corrected chi connectivity index (χ0v) is 11.6. The maximum Gasteiger partial charge on any atom is 0.0655 e. The van der Waals surface area contributed by atoms with E-state index in [0.717, 1.165) is 13.1 Å². The summed E-state index contributed by atoms with van der Waals surface area (Å²) in [4.78, 5) is 0.